The number of anilines is 5. The fourth-order valence-electron chi connectivity index (χ4n) is 6.35. The predicted molar refractivity (Wildman–Crippen MR) is 162 cm³/mol. The molecule has 0 radical (unpaired) electrons. The monoisotopic (exact) mass is 608 g/mol. The Balaban J connectivity index is 1.23. The van der Waals surface area contributed by atoms with Crippen molar-refractivity contribution >= 4 is 40.8 Å². The van der Waals surface area contributed by atoms with Gasteiger partial charge in [-0.2, -0.15) is 18.2 Å². The average Bonchev–Trinajstić information content (AvgIpc) is 2.99. The lowest BCUT2D eigenvalue weighted by Gasteiger charge is -2.50. The van der Waals surface area contributed by atoms with Crippen LogP contribution in [-0.2, 0) is 11.3 Å². The number of hydrogen-bond donors (Lipinski definition) is 1. The maximum atomic E-state index is 13.8. The smallest absolute Gasteiger partial charge is 0.369 e. The van der Waals surface area contributed by atoms with Crippen molar-refractivity contribution in [2.75, 3.05) is 60.3 Å². The number of para-hydroxylation sites is 1. The topological polar surface area (TPSA) is 88.1 Å². The minimum Gasteiger partial charge on any atom is -0.369 e. The highest BCUT2D eigenvalue weighted by Gasteiger charge is 2.52. The van der Waals surface area contributed by atoms with E-state index in [-0.39, 0.29) is 24.7 Å². The summed E-state index contributed by atoms with van der Waals surface area (Å²) in [5.74, 6) is -1.13. The Morgan fingerprint density at radius 3 is 2.36 bits per heavy atom. The molecule has 0 bridgehead atoms. The number of nitrogens with zero attached hydrogens (tertiary/aromatic N) is 7. The van der Waals surface area contributed by atoms with Gasteiger partial charge in [0.2, 0.25) is 5.95 Å². The minimum atomic E-state index is -5.03. The second-order valence-corrected chi connectivity index (χ2v) is 12.2. The fourth-order valence-corrected chi connectivity index (χ4v) is 6.35. The molecule has 10 nitrogen and oxygen atoms in total. The highest BCUT2D eigenvalue weighted by Crippen LogP contribution is 2.48. The molecule has 1 saturated heterocycles. The van der Waals surface area contributed by atoms with Crippen LogP contribution in [-0.4, -0.2) is 83.7 Å². The van der Waals surface area contributed by atoms with E-state index in [1.165, 1.54) is 11.0 Å². The molecule has 4 heterocycles. The van der Waals surface area contributed by atoms with Crippen LogP contribution in [0.4, 0.5) is 46.8 Å². The number of nitrogens with one attached hydrogen (secondary N) is 1. The lowest BCUT2D eigenvalue weighted by Crippen LogP contribution is -2.58. The van der Waals surface area contributed by atoms with Gasteiger partial charge in [0.25, 0.3) is 0 Å². The maximum absolute atomic E-state index is 13.8. The summed E-state index contributed by atoms with van der Waals surface area (Å²) >= 11 is 0. The zero-order valence-corrected chi connectivity index (χ0v) is 25.1. The molecule has 6 rings (SSSR count). The van der Waals surface area contributed by atoms with Crippen molar-refractivity contribution in [2.24, 2.45) is 0 Å². The van der Waals surface area contributed by atoms with Crippen molar-refractivity contribution in [1.82, 2.24) is 19.8 Å². The van der Waals surface area contributed by atoms with E-state index in [1.54, 1.807) is 50.2 Å². The summed E-state index contributed by atoms with van der Waals surface area (Å²) in [5, 5.41) is 3.22. The highest BCUT2D eigenvalue weighted by molar-refractivity contribution is 6.00. The normalized spacial score (nSPS) is 20.3. The first kappa shape index (κ1) is 29.7. The minimum absolute atomic E-state index is 0.116. The second-order valence-electron chi connectivity index (χ2n) is 12.2. The predicted octanol–water partition coefficient (Wildman–Crippen LogP) is 5.16. The van der Waals surface area contributed by atoms with Crippen molar-refractivity contribution in [1.29, 1.82) is 0 Å². The Hall–Kier alpha value is -4.39. The van der Waals surface area contributed by atoms with Crippen molar-refractivity contribution < 1.29 is 22.8 Å². The quantitative estimate of drug-likeness (QED) is 0.438. The van der Waals surface area contributed by atoms with Crippen molar-refractivity contribution in [3.05, 3.63) is 65.9 Å². The Morgan fingerprint density at radius 1 is 1.00 bits per heavy atom. The summed E-state index contributed by atoms with van der Waals surface area (Å²) in [4.78, 5) is 43.9. The van der Waals surface area contributed by atoms with Crippen molar-refractivity contribution in [3.63, 3.8) is 0 Å². The molecule has 0 spiro atoms. The summed E-state index contributed by atoms with van der Waals surface area (Å²) in [7, 11) is 3.74. The molecule has 1 aromatic heterocycles. The number of halogens is 3. The molecule has 3 aromatic rings. The van der Waals surface area contributed by atoms with E-state index in [4.69, 9.17) is 0 Å². The lowest BCUT2D eigenvalue weighted by atomic mass is 9.82. The van der Waals surface area contributed by atoms with Gasteiger partial charge in [0.15, 0.2) is 0 Å². The lowest BCUT2D eigenvalue weighted by molar-refractivity contribution is -0.172. The molecule has 44 heavy (non-hydrogen) atoms. The van der Waals surface area contributed by atoms with Gasteiger partial charge in [0.05, 0.1) is 12.6 Å². The molecule has 232 valence electrons. The first-order chi connectivity index (χ1) is 20.8. The highest BCUT2D eigenvalue weighted by atomic mass is 19.4. The van der Waals surface area contributed by atoms with Gasteiger partial charge >= 0.3 is 18.1 Å². The van der Waals surface area contributed by atoms with Gasteiger partial charge < -0.3 is 20.0 Å². The van der Waals surface area contributed by atoms with E-state index < -0.39 is 23.7 Å². The van der Waals surface area contributed by atoms with E-state index in [0.717, 1.165) is 42.5 Å². The molecule has 1 fully saturated rings. The summed E-state index contributed by atoms with van der Waals surface area (Å²) in [5.41, 5.74) is 2.08. The number of carbonyl (C=O) groups is 2. The third-order valence-electron chi connectivity index (χ3n) is 8.68. The average molecular weight is 609 g/mol. The zero-order chi connectivity index (χ0) is 31.4. The van der Waals surface area contributed by atoms with Crippen LogP contribution in [0.5, 0.6) is 0 Å². The van der Waals surface area contributed by atoms with Crippen molar-refractivity contribution in [2.45, 2.75) is 44.6 Å². The van der Waals surface area contributed by atoms with Crippen LogP contribution in [0.2, 0.25) is 0 Å². The van der Waals surface area contributed by atoms with Crippen LogP contribution < -0.4 is 20.0 Å². The molecule has 1 unspecified atom stereocenters. The van der Waals surface area contributed by atoms with E-state index >= 15 is 0 Å². The van der Waals surface area contributed by atoms with Gasteiger partial charge in [0, 0.05) is 67.6 Å². The number of carbonyl (C=O) groups excluding carboxylic acids is 2. The van der Waals surface area contributed by atoms with Crippen LogP contribution in [0.3, 0.4) is 0 Å². The maximum Gasteiger partial charge on any atom is 0.471 e. The fraction of sp³-hybridized carbons (Fsp3) is 0.419. The number of hydrogen-bond acceptors (Lipinski definition) is 7. The Bertz CT molecular complexity index is 1570. The van der Waals surface area contributed by atoms with Crippen LogP contribution in [0.25, 0.3) is 0 Å². The molecule has 0 saturated carbocycles. The number of fused-ring (bicyclic) bond motifs is 2. The summed E-state index contributed by atoms with van der Waals surface area (Å²) in [6, 6.07) is 13.6. The van der Waals surface area contributed by atoms with E-state index in [9.17, 15) is 22.8 Å². The molecule has 1 N–H and O–H groups in total. The standard InChI is InChI=1S/C31H35F3N8O2/c1-30(2)17-25(23-7-5-6-8-24(23)42(30)27(43)31(32,33)34)41-19-20-18-35-28(37-26(20)39(4)29(41)44)36-21-9-11-22(12-10-21)40-15-13-38(3)14-16-40/h5-12,18,25H,13-17,19H2,1-4H3,(H,35,36,37). The number of alkyl halides is 3. The Morgan fingerprint density at radius 2 is 1.68 bits per heavy atom. The summed E-state index contributed by atoms with van der Waals surface area (Å²) < 4.78 is 40.8. The van der Waals surface area contributed by atoms with Crippen LogP contribution >= 0.6 is 0 Å². The van der Waals surface area contributed by atoms with Crippen molar-refractivity contribution in [3.8, 4) is 0 Å². The number of rotatable bonds is 4. The Kier molecular flexibility index (Phi) is 7.39. The van der Waals surface area contributed by atoms with Gasteiger partial charge in [0.1, 0.15) is 5.82 Å². The van der Waals surface area contributed by atoms with Crippen LogP contribution in [0.1, 0.15) is 37.4 Å². The van der Waals surface area contributed by atoms with Gasteiger partial charge in [-0.1, -0.05) is 18.2 Å². The van der Waals surface area contributed by atoms with E-state index in [0.29, 0.717) is 22.9 Å². The number of aromatic nitrogens is 2. The molecule has 3 aliphatic rings. The van der Waals surface area contributed by atoms with Crippen LogP contribution in [0, 0.1) is 0 Å². The molecule has 2 aromatic carbocycles. The molecule has 3 aliphatic heterocycles. The Labute approximate surface area is 254 Å². The summed E-state index contributed by atoms with van der Waals surface area (Å²) in [6.07, 6.45) is -3.25. The molecule has 3 amide bonds. The number of urea groups is 1. The second kappa shape index (κ2) is 11.0. The number of piperazine rings is 1. The first-order valence-electron chi connectivity index (χ1n) is 14.5. The third kappa shape index (κ3) is 5.40. The van der Waals surface area contributed by atoms with Gasteiger partial charge in [-0.05, 0) is 63.2 Å². The van der Waals surface area contributed by atoms with Crippen LogP contribution in [0.15, 0.2) is 54.7 Å². The molecule has 0 aliphatic carbocycles. The number of amides is 3. The largest absolute Gasteiger partial charge is 0.471 e. The van der Waals surface area contributed by atoms with E-state index in [2.05, 4.69) is 44.3 Å². The van der Waals surface area contributed by atoms with E-state index in [1.807, 2.05) is 12.1 Å². The summed E-state index contributed by atoms with van der Waals surface area (Å²) in [6.45, 7) is 7.34. The number of likely N-dealkylation sites (N-methyl/N-ethyl adjacent to an activating group) is 1. The molecule has 1 atom stereocenters. The third-order valence-corrected chi connectivity index (χ3v) is 8.68. The van der Waals surface area contributed by atoms with Gasteiger partial charge in [-0.25, -0.2) is 9.78 Å². The van der Waals surface area contributed by atoms with Gasteiger partial charge in [-0.15, -0.1) is 0 Å². The zero-order valence-electron chi connectivity index (χ0n) is 25.1. The number of benzene rings is 2. The molecular formula is C31H35F3N8O2. The SMILES string of the molecule is CN1CCN(c2ccc(Nc3ncc4c(n3)N(C)C(=O)N(C3CC(C)(C)N(C(=O)C(F)(F)F)c5ccccc53)C4)cc2)CC1. The van der Waals surface area contributed by atoms with Gasteiger partial charge in [-0.3, -0.25) is 14.6 Å². The molecule has 13 heteroatoms. The molecular weight excluding hydrogens is 573 g/mol. The first-order valence-corrected chi connectivity index (χ1v) is 14.5.